The smallest absolute Gasteiger partial charge is 0.347 e. The lowest BCUT2D eigenvalue weighted by molar-refractivity contribution is -0.141. The van der Waals surface area contributed by atoms with Gasteiger partial charge in [-0.2, -0.15) is 5.21 Å². The molecule has 40 heavy (non-hydrogen) atoms. The summed E-state index contributed by atoms with van der Waals surface area (Å²) in [6.45, 7) is 4.25. The minimum atomic E-state index is -0.773. The molecule has 3 aliphatic rings. The second kappa shape index (κ2) is 10.1. The molecule has 0 radical (unpaired) electrons. The fraction of sp³-hybridized carbons (Fsp3) is 0.345. The number of aliphatic hydroxyl groups excluding tert-OH is 1. The average molecular weight is 542 g/mol. The summed E-state index contributed by atoms with van der Waals surface area (Å²) >= 11 is 0. The molecule has 2 N–H and O–H groups in total. The van der Waals surface area contributed by atoms with E-state index >= 15 is 0 Å². The van der Waals surface area contributed by atoms with Crippen LogP contribution in [-0.4, -0.2) is 79.8 Å². The van der Waals surface area contributed by atoms with Crippen molar-refractivity contribution < 1.29 is 19.4 Å². The number of hydrogen-bond acceptors (Lipinski definition) is 9. The molecule has 11 heteroatoms. The SMILES string of the molecule is CCCC1N(C)C2=C(CN3C(=O)C(C(=O)OCC)=C(O)C3C2)N1c1ccc(-c2ccccc2-c2nn[nH]n2)cc1. The van der Waals surface area contributed by atoms with Gasteiger partial charge in [-0.15, -0.1) is 10.2 Å². The third-order valence-corrected chi connectivity index (χ3v) is 7.92. The van der Waals surface area contributed by atoms with Crippen LogP contribution in [0.3, 0.4) is 0 Å². The summed E-state index contributed by atoms with van der Waals surface area (Å²) in [5, 5.41) is 25.4. The minimum Gasteiger partial charge on any atom is -0.509 e. The van der Waals surface area contributed by atoms with Crippen molar-refractivity contribution in [3.8, 4) is 22.5 Å². The maximum atomic E-state index is 13.3. The molecule has 4 heterocycles. The summed E-state index contributed by atoms with van der Waals surface area (Å²) in [6, 6.07) is 15.7. The minimum absolute atomic E-state index is 0.0678. The highest BCUT2D eigenvalue weighted by atomic mass is 16.5. The van der Waals surface area contributed by atoms with Gasteiger partial charge in [0.05, 0.1) is 24.9 Å². The summed E-state index contributed by atoms with van der Waals surface area (Å²) in [5.41, 5.74) is 5.72. The Kier molecular flexibility index (Phi) is 6.49. The number of H-pyrrole nitrogens is 1. The molecule has 0 aliphatic carbocycles. The lowest BCUT2D eigenvalue weighted by Crippen LogP contribution is -2.43. The lowest BCUT2D eigenvalue weighted by Gasteiger charge is -2.34. The number of nitrogens with one attached hydrogen (secondary N) is 1. The number of aliphatic hydroxyl groups is 1. The lowest BCUT2D eigenvalue weighted by atomic mass is 9.98. The van der Waals surface area contributed by atoms with Crippen LogP contribution in [0.1, 0.15) is 33.1 Å². The van der Waals surface area contributed by atoms with Crippen LogP contribution >= 0.6 is 0 Å². The highest BCUT2D eigenvalue weighted by Crippen LogP contribution is 2.44. The van der Waals surface area contributed by atoms with Gasteiger partial charge in [-0.1, -0.05) is 49.7 Å². The zero-order chi connectivity index (χ0) is 28.0. The summed E-state index contributed by atoms with van der Waals surface area (Å²) < 4.78 is 5.06. The number of nitrogens with zero attached hydrogens (tertiary/aromatic N) is 6. The molecule has 2 atom stereocenters. The molecule has 11 nitrogen and oxygen atoms in total. The van der Waals surface area contributed by atoms with E-state index in [1.54, 1.807) is 11.8 Å². The molecule has 206 valence electrons. The van der Waals surface area contributed by atoms with E-state index in [9.17, 15) is 14.7 Å². The molecule has 0 bridgehead atoms. The molecule has 1 aromatic heterocycles. The van der Waals surface area contributed by atoms with Crippen molar-refractivity contribution in [2.75, 3.05) is 25.1 Å². The van der Waals surface area contributed by atoms with Crippen LogP contribution in [0.4, 0.5) is 5.69 Å². The number of tetrazole rings is 1. The first-order valence-corrected chi connectivity index (χ1v) is 13.5. The number of benzene rings is 2. The molecule has 0 saturated heterocycles. The van der Waals surface area contributed by atoms with E-state index in [2.05, 4.69) is 68.7 Å². The Hall–Kier alpha value is -4.67. The summed E-state index contributed by atoms with van der Waals surface area (Å²) in [5.74, 6) is -0.920. The van der Waals surface area contributed by atoms with Crippen LogP contribution < -0.4 is 4.90 Å². The molecule has 0 spiro atoms. The molecule has 3 aliphatic heterocycles. The van der Waals surface area contributed by atoms with E-state index in [0.717, 1.165) is 46.6 Å². The highest BCUT2D eigenvalue weighted by molar-refractivity contribution is 6.18. The quantitative estimate of drug-likeness (QED) is 0.341. The number of aromatic amines is 1. The van der Waals surface area contributed by atoms with Gasteiger partial charge in [0, 0.05) is 30.4 Å². The van der Waals surface area contributed by atoms with Crippen LogP contribution in [0.15, 0.2) is 71.3 Å². The van der Waals surface area contributed by atoms with Gasteiger partial charge in [0.2, 0.25) is 5.82 Å². The molecule has 2 unspecified atom stereocenters. The zero-order valence-electron chi connectivity index (χ0n) is 22.7. The van der Waals surface area contributed by atoms with Crippen molar-refractivity contribution in [3.63, 3.8) is 0 Å². The molecule has 0 saturated carbocycles. The first kappa shape index (κ1) is 25.6. The number of carbonyl (C=O) groups excluding carboxylic acids is 2. The standard InChI is InChI=1S/C29H31N7O4/c1-4-8-24-34(3)21-15-22-26(37)25(29(39)40-5-2)28(38)35(22)16-23(21)36(24)18-13-11-17(12-14-18)19-9-6-7-10-20(19)27-30-32-33-31-27/h6-7,9-14,22,24,37H,4-5,8,15-16H2,1-3H3,(H,30,31,32,33). The van der Waals surface area contributed by atoms with Gasteiger partial charge in [-0.25, -0.2) is 4.79 Å². The predicted molar refractivity (Wildman–Crippen MR) is 147 cm³/mol. The van der Waals surface area contributed by atoms with Crippen molar-refractivity contribution in [1.82, 2.24) is 30.4 Å². The number of aromatic nitrogens is 4. The van der Waals surface area contributed by atoms with Crippen molar-refractivity contribution in [2.45, 2.75) is 45.3 Å². The van der Waals surface area contributed by atoms with Gasteiger partial charge in [-0.3, -0.25) is 4.79 Å². The number of esters is 1. The first-order chi connectivity index (χ1) is 19.4. The Balaban J connectivity index is 1.33. The largest absolute Gasteiger partial charge is 0.509 e. The number of carbonyl (C=O) groups is 2. The Labute approximate surface area is 231 Å². The topological polar surface area (TPSA) is 128 Å². The second-order valence-electron chi connectivity index (χ2n) is 10.1. The fourth-order valence-corrected chi connectivity index (χ4v) is 6.06. The van der Waals surface area contributed by atoms with E-state index in [-0.39, 0.29) is 24.1 Å². The number of anilines is 1. The second-order valence-corrected chi connectivity index (χ2v) is 10.1. The predicted octanol–water partition coefficient (Wildman–Crippen LogP) is 3.61. The van der Waals surface area contributed by atoms with Gasteiger partial charge in [0.15, 0.2) is 5.57 Å². The monoisotopic (exact) mass is 541 g/mol. The van der Waals surface area contributed by atoms with E-state index in [4.69, 9.17) is 4.74 Å². The summed E-state index contributed by atoms with van der Waals surface area (Å²) in [6.07, 6.45) is 2.39. The molecular weight excluding hydrogens is 510 g/mol. The molecular formula is C29H31N7O4. The van der Waals surface area contributed by atoms with E-state index < -0.39 is 17.9 Å². The van der Waals surface area contributed by atoms with E-state index in [0.29, 0.717) is 18.8 Å². The molecule has 6 rings (SSSR count). The Morgan fingerprint density at radius 3 is 2.52 bits per heavy atom. The number of amides is 1. The van der Waals surface area contributed by atoms with Gasteiger partial charge < -0.3 is 24.5 Å². The average Bonchev–Trinajstić information content (AvgIpc) is 3.66. The molecule has 1 amide bonds. The Morgan fingerprint density at radius 2 is 1.85 bits per heavy atom. The maximum absolute atomic E-state index is 13.3. The van der Waals surface area contributed by atoms with Crippen molar-refractivity contribution in [1.29, 1.82) is 0 Å². The van der Waals surface area contributed by atoms with Crippen molar-refractivity contribution in [2.24, 2.45) is 0 Å². The Morgan fingerprint density at radius 1 is 1.10 bits per heavy atom. The van der Waals surface area contributed by atoms with Crippen LogP contribution in [0, 0.1) is 0 Å². The molecule has 2 aromatic carbocycles. The Bertz CT molecular complexity index is 1510. The number of hydrogen-bond donors (Lipinski definition) is 2. The van der Waals surface area contributed by atoms with Crippen LogP contribution in [0.5, 0.6) is 0 Å². The molecule has 0 fully saturated rings. The number of ether oxygens (including phenoxy) is 1. The third-order valence-electron chi connectivity index (χ3n) is 7.92. The summed E-state index contributed by atoms with van der Waals surface area (Å²) in [4.78, 5) is 31.8. The van der Waals surface area contributed by atoms with Crippen LogP contribution in [-0.2, 0) is 14.3 Å². The maximum Gasteiger partial charge on any atom is 0.347 e. The van der Waals surface area contributed by atoms with Gasteiger partial charge >= 0.3 is 5.97 Å². The number of fused-ring (bicyclic) bond motifs is 1. The van der Waals surface area contributed by atoms with E-state index in [1.807, 2.05) is 24.3 Å². The highest BCUT2D eigenvalue weighted by Gasteiger charge is 2.50. The van der Waals surface area contributed by atoms with E-state index in [1.165, 1.54) is 0 Å². The van der Waals surface area contributed by atoms with Crippen LogP contribution in [0.25, 0.3) is 22.5 Å². The van der Waals surface area contributed by atoms with Gasteiger partial charge in [0.25, 0.3) is 5.91 Å². The zero-order valence-corrected chi connectivity index (χ0v) is 22.7. The van der Waals surface area contributed by atoms with Crippen molar-refractivity contribution >= 4 is 17.6 Å². The molecule has 3 aromatic rings. The van der Waals surface area contributed by atoms with Gasteiger partial charge in [-0.05, 0) is 41.8 Å². The summed E-state index contributed by atoms with van der Waals surface area (Å²) in [7, 11) is 2.06. The van der Waals surface area contributed by atoms with Crippen molar-refractivity contribution in [3.05, 3.63) is 71.3 Å². The first-order valence-electron chi connectivity index (χ1n) is 13.5. The fourth-order valence-electron chi connectivity index (χ4n) is 6.06. The van der Waals surface area contributed by atoms with Crippen LogP contribution in [0.2, 0.25) is 0 Å². The number of rotatable bonds is 7. The third kappa shape index (κ3) is 4.00. The normalized spacial score (nSPS) is 20.4. The van der Waals surface area contributed by atoms with Gasteiger partial charge in [0.1, 0.15) is 11.9 Å².